The van der Waals surface area contributed by atoms with Gasteiger partial charge in [-0.3, -0.25) is 9.52 Å². The van der Waals surface area contributed by atoms with E-state index in [-0.39, 0.29) is 31.9 Å². The third kappa shape index (κ3) is 4.58. The van der Waals surface area contributed by atoms with Crippen molar-refractivity contribution in [3.05, 3.63) is 86.8 Å². The number of aromatic amines is 2. The molecule has 11 heteroatoms. The number of sulfonamides is 1. The van der Waals surface area contributed by atoms with Gasteiger partial charge in [-0.1, -0.05) is 29.3 Å². The van der Waals surface area contributed by atoms with E-state index in [4.69, 9.17) is 23.2 Å². The van der Waals surface area contributed by atoms with Crippen LogP contribution in [0.4, 0.5) is 11.4 Å². The Bertz CT molecular complexity index is 1480. The highest BCUT2D eigenvalue weighted by molar-refractivity contribution is 7.92. The van der Waals surface area contributed by atoms with E-state index in [1.54, 1.807) is 30.3 Å². The monoisotopic (exact) mass is 476 g/mol. The Morgan fingerprint density at radius 3 is 2.39 bits per heavy atom. The second-order valence-corrected chi connectivity index (χ2v) is 9.05. The van der Waals surface area contributed by atoms with Crippen LogP contribution in [-0.2, 0) is 10.0 Å². The summed E-state index contributed by atoms with van der Waals surface area (Å²) in [6.07, 6.45) is 0. The van der Waals surface area contributed by atoms with Crippen molar-refractivity contribution in [1.29, 1.82) is 0 Å². The predicted octanol–water partition coefficient (Wildman–Crippen LogP) is 4.22. The second kappa shape index (κ2) is 8.10. The number of carbonyl (C=O) groups excluding carboxylic acids is 1. The molecular formula is C20H14Cl2N4O4S. The first-order valence-electron chi connectivity index (χ1n) is 8.83. The van der Waals surface area contributed by atoms with E-state index in [0.29, 0.717) is 16.7 Å². The van der Waals surface area contributed by atoms with Gasteiger partial charge in [0.1, 0.15) is 0 Å². The first-order valence-corrected chi connectivity index (χ1v) is 11.1. The normalized spacial score (nSPS) is 11.4. The van der Waals surface area contributed by atoms with E-state index < -0.39 is 15.9 Å². The molecule has 31 heavy (non-hydrogen) atoms. The first-order chi connectivity index (χ1) is 14.7. The zero-order chi connectivity index (χ0) is 22.2. The lowest BCUT2D eigenvalue weighted by molar-refractivity contribution is 0.102. The Balaban J connectivity index is 1.54. The zero-order valence-corrected chi connectivity index (χ0v) is 17.9. The molecule has 4 aromatic rings. The molecule has 1 aromatic heterocycles. The van der Waals surface area contributed by atoms with Gasteiger partial charge in [0.05, 0.1) is 26.0 Å². The van der Waals surface area contributed by atoms with Crippen LogP contribution in [0.1, 0.15) is 10.4 Å². The highest BCUT2D eigenvalue weighted by Crippen LogP contribution is 2.26. The van der Waals surface area contributed by atoms with Gasteiger partial charge in [0.2, 0.25) is 0 Å². The van der Waals surface area contributed by atoms with Crippen LogP contribution in [0.3, 0.4) is 0 Å². The van der Waals surface area contributed by atoms with Gasteiger partial charge in [-0.25, -0.2) is 13.2 Å². The summed E-state index contributed by atoms with van der Waals surface area (Å²) in [6.45, 7) is 0. The number of halogens is 2. The molecular weight excluding hydrogens is 463 g/mol. The van der Waals surface area contributed by atoms with Crippen LogP contribution in [0.15, 0.2) is 70.4 Å². The largest absolute Gasteiger partial charge is 0.323 e. The van der Waals surface area contributed by atoms with Gasteiger partial charge in [-0.2, -0.15) is 0 Å². The number of hydrogen-bond acceptors (Lipinski definition) is 4. The molecule has 0 atom stereocenters. The molecule has 0 fully saturated rings. The number of H-pyrrole nitrogens is 2. The lowest BCUT2D eigenvalue weighted by Gasteiger charge is -2.11. The molecule has 0 saturated carbocycles. The highest BCUT2D eigenvalue weighted by atomic mass is 35.5. The SMILES string of the molecule is O=C(Nc1ccc2[nH]c(=O)[nH]c2c1)c1cccc(NS(=O)(=O)c2ccc(Cl)c(Cl)c2)c1. The fourth-order valence-corrected chi connectivity index (χ4v) is 4.33. The van der Waals surface area contributed by atoms with E-state index in [1.165, 1.54) is 30.3 Å². The Morgan fingerprint density at radius 2 is 1.61 bits per heavy atom. The number of amides is 1. The van der Waals surface area contributed by atoms with Crippen molar-refractivity contribution >= 4 is 61.5 Å². The lowest BCUT2D eigenvalue weighted by Crippen LogP contribution is -2.15. The van der Waals surface area contributed by atoms with Crippen molar-refractivity contribution < 1.29 is 13.2 Å². The summed E-state index contributed by atoms with van der Waals surface area (Å²) in [5.41, 5.74) is 1.71. The number of anilines is 2. The fraction of sp³-hybridized carbons (Fsp3) is 0. The molecule has 8 nitrogen and oxygen atoms in total. The van der Waals surface area contributed by atoms with Gasteiger partial charge in [0.25, 0.3) is 15.9 Å². The third-order valence-electron chi connectivity index (χ3n) is 4.35. The van der Waals surface area contributed by atoms with Crippen LogP contribution in [-0.4, -0.2) is 24.3 Å². The van der Waals surface area contributed by atoms with Crippen LogP contribution in [0.2, 0.25) is 10.0 Å². The van der Waals surface area contributed by atoms with Crippen molar-refractivity contribution in [2.24, 2.45) is 0 Å². The van der Waals surface area contributed by atoms with E-state index in [1.807, 2.05) is 0 Å². The van der Waals surface area contributed by atoms with Gasteiger partial charge in [-0.05, 0) is 54.6 Å². The minimum absolute atomic E-state index is 0.0643. The first kappa shape index (κ1) is 21.0. The molecule has 0 unspecified atom stereocenters. The number of nitrogens with one attached hydrogen (secondary N) is 4. The van der Waals surface area contributed by atoms with E-state index >= 15 is 0 Å². The molecule has 1 heterocycles. The maximum atomic E-state index is 12.6. The summed E-state index contributed by atoms with van der Waals surface area (Å²) in [5.74, 6) is -0.451. The van der Waals surface area contributed by atoms with Crippen molar-refractivity contribution in [3.63, 3.8) is 0 Å². The van der Waals surface area contributed by atoms with Crippen LogP contribution in [0, 0.1) is 0 Å². The number of rotatable bonds is 5. The van der Waals surface area contributed by atoms with Crippen LogP contribution in [0.25, 0.3) is 11.0 Å². The van der Waals surface area contributed by atoms with Crippen molar-refractivity contribution in [3.8, 4) is 0 Å². The number of fused-ring (bicyclic) bond motifs is 1. The molecule has 0 aliphatic rings. The number of benzene rings is 3. The minimum Gasteiger partial charge on any atom is -0.322 e. The van der Waals surface area contributed by atoms with Crippen molar-refractivity contribution in [2.75, 3.05) is 10.0 Å². The number of imidazole rings is 1. The quantitative estimate of drug-likeness (QED) is 0.344. The van der Waals surface area contributed by atoms with E-state index in [2.05, 4.69) is 20.0 Å². The number of carbonyl (C=O) groups is 1. The summed E-state index contributed by atoms with van der Waals surface area (Å²) >= 11 is 11.7. The summed E-state index contributed by atoms with van der Waals surface area (Å²) in [5, 5.41) is 3.06. The number of hydrogen-bond donors (Lipinski definition) is 4. The molecule has 0 aliphatic heterocycles. The van der Waals surface area contributed by atoms with Crippen LogP contribution < -0.4 is 15.7 Å². The summed E-state index contributed by atoms with van der Waals surface area (Å²) in [4.78, 5) is 29.2. The minimum atomic E-state index is -3.94. The van der Waals surface area contributed by atoms with Gasteiger partial charge in [0, 0.05) is 16.9 Å². The van der Waals surface area contributed by atoms with Gasteiger partial charge >= 0.3 is 5.69 Å². The molecule has 0 bridgehead atoms. The lowest BCUT2D eigenvalue weighted by atomic mass is 10.2. The summed E-state index contributed by atoms with van der Waals surface area (Å²) in [7, 11) is -3.94. The third-order valence-corrected chi connectivity index (χ3v) is 6.47. The smallest absolute Gasteiger partial charge is 0.322 e. The topological polar surface area (TPSA) is 124 Å². The molecule has 0 saturated heterocycles. The highest BCUT2D eigenvalue weighted by Gasteiger charge is 2.17. The van der Waals surface area contributed by atoms with Crippen molar-refractivity contribution in [2.45, 2.75) is 4.90 Å². The van der Waals surface area contributed by atoms with E-state index in [9.17, 15) is 18.0 Å². The molecule has 0 spiro atoms. The predicted molar refractivity (Wildman–Crippen MR) is 121 cm³/mol. The van der Waals surface area contributed by atoms with Crippen LogP contribution in [0.5, 0.6) is 0 Å². The molecule has 158 valence electrons. The summed E-state index contributed by atoms with van der Waals surface area (Å²) in [6, 6.07) is 14.9. The van der Waals surface area contributed by atoms with Gasteiger partial charge < -0.3 is 15.3 Å². The van der Waals surface area contributed by atoms with E-state index in [0.717, 1.165) is 0 Å². The van der Waals surface area contributed by atoms with Crippen molar-refractivity contribution in [1.82, 2.24) is 9.97 Å². The average Bonchev–Trinajstić information content (AvgIpc) is 3.09. The second-order valence-electron chi connectivity index (χ2n) is 6.56. The Kier molecular flexibility index (Phi) is 5.48. The Labute approximate surface area is 186 Å². The van der Waals surface area contributed by atoms with Gasteiger partial charge in [-0.15, -0.1) is 0 Å². The Hall–Kier alpha value is -3.27. The zero-order valence-electron chi connectivity index (χ0n) is 15.6. The number of aromatic nitrogens is 2. The van der Waals surface area contributed by atoms with Gasteiger partial charge in [0.15, 0.2) is 0 Å². The molecule has 0 aliphatic carbocycles. The summed E-state index contributed by atoms with van der Waals surface area (Å²) < 4.78 is 27.7. The maximum absolute atomic E-state index is 12.6. The Morgan fingerprint density at radius 1 is 0.839 bits per heavy atom. The molecule has 3 aromatic carbocycles. The standard InChI is InChI=1S/C20H14Cl2N4O4S/c21-15-6-5-14(10-16(15)22)31(29,30)26-13-3-1-2-11(8-13)19(27)23-12-4-7-17-18(9-12)25-20(28)24-17/h1-10,26H,(H,23,27)(H2,24,25,28). The van der Waals surface area contributed by atoms with Crippen LogP contribution >= 0.6 is 23.2 Å². The average molecular weight is 477 g/mol. The fourth-order valence-electron chi connectivity index (χ4n) is 2.90. The maximum Gasteiger partial charge on any atom is 0.323 e. The molecule has 0 radical (unpaired) electrons. The molecule has 1 amide bonds. The molecule has 4 N–H and O–H groups in total. The molecule has 4 rings (SSSR count).